The lowest BCUT2D eigenvalue weighted by atomic mass is 10.2. The molecule has 3 rings (SSSR count). The minimum atomic E-state index is -0.823. The van der Waals surface area contributed by atoms with Crippen LogP contribution in [0.25, 0.3) is 10.9 Å². The third-order valence-corrected chi connectivity index (χ3v) is 3.80. The van der Waals surface area contributed by atoms with Crippen molar-refractivity contribution in [1.29, 1.82) is 0 Å². The Bertz CT molecular complexity index is 939. The van der Waals surface area contributed by atoms with Crippen molar-refractivity contribution >= 4 is 34.1 Å². The third-order valence-electron chi connectivity index (χ3n) is 3.47. The number of nitrogens with one attached hydrogen (secondary N) is 1. The van der Waals surface area contributed by atoms with Crippen molar-refractivity contribution in [3.63, 3.8) is 0 Å². The SMILES string of the molecule is C[C@@H](C(=O)Nc1ccccc1Cl)n1nnc2ccccc2c1=O. The van der Waals surface area contributed by atoms with E-state index >= 15 is 0 Å². The average Bonchev–Trinajstić information content (AvgIpc) is 2.57. The van der Waals surface area contributed by atoms with Crippen molar-refractivity contribution in [2.24, 2.45) is 0 Å². The van der Waals surface area contributed by atoms with Crippen LogP contribution in [0.1, 0.15) is 13.0 Å². The standard InChI is InChI=1S/C16H13ClN4O2/c1-10(15(22)18-14-9-5-3-7-12(14)17)21-16(23)11-6-2-4-8-13(11)19-20-21/h2-10H,1H3,(H,18,22)/t10-/m0/s1. The van der Waals surface area contributed by atoms with E-state index in [9.17, 15) is 9.59 Å². The fraction of sp³-hybridized carbons (Fsp3) is 0.125. The molecule has 0 saturated carbocycles. The fourth-order valence-corrected chi connectivity index (χ4v) is 2.35. The number of amides is 1. The maximum atomic E-state index is 12.4. The van der Waals surface area contributed by atoms with Crippen LogP contribution < -0.4 is 10.9 Å². The lowest BCUT2D eigenvalue weighted by molar-refractivity contribution is -0.119. The third kappa shape index (κ3) is 2.93. The number of fused-ring (bicyclic) bond motifs is 1. The molecule has 3 aromatic rings. The fourth-order valence-electron chi connectivity index (χ4n) is 2.17. The van der Waals surface area contributed by atoms with E-state index in [2.05, 4.69) is 15.6 Å². The first-order valence-electron chi connectivity index (χ1n) is 6.97. The number of halogens is 1. The molecule has 0 radical (unpaired) electrons. The van der Waals surface area contributed by atoms with Crippen molar-refractivity contribution in [3.05, 3.63) is 63.9 Å². The number of hydrogen-bond donors (Lipinski definition) is 1. The van der Waals surface area contributed by atoms with E-state index in [1.54, 1.807) is 55.5 Å². The van der Waals surface area contributed by atoms with Gasteiger partial charge in [0, 0.05) is 0 Å². The van der Waals surface area contributed by atoms with Gasteiger partial charge in [0.1, 0.15) is 11.6 Å². The molecule has 0 spiro atoms. The summed E-state index contributed by atoms with van der Waals surface area (Å²) in [5, 5.41) is 11.4. The smallest absolute Gasteiger partial charge is 0.278 e. The normalized spacial score (nSPS) is 12.1. The lowest BCUT2D eigenvalue weighted by Crippen LogP contribution is -2.34. The van der Waals surface area contributed by atoms with Crippen LogP contribution in [0.15, 0.2) is 53.3 Å². The average molecular weight is 329 g/mol. The van der Waals surface area contributed by atoms with Gasteiger partial charge >= 0.3 is 0 Å². The molecule has 1 atom stereocenters. The number of rotatable bonds is 3. The van der Waals surface area contributed by atoms with E-state index in [0.29, 0.717) is 21.6 Å². The van der Waals surface area contributed by atoms with Crippen molar-refractivity contribution in [1.82, 2.24) is 15.0 Å². The van der Waals surface area contributed by atoms with Crippen LogP contribution in [-0.4, -0.2) is 20.9 Å². The highest BCUT2D eigenvalue weighted by Gasteiger charge is 2.19. The Morgan fingerprint density at radius 3 is 2.65 bits per heavy atom. The van der Waals surface area contributed by atoms with Crippen LogP contribution in [0.3, 0.4) is 0 Å². The van der Waals surface area contributed by atoms with E-state index in [4.69, 9.17) is 11.6 Å². The second-order valence-corrected chi connectivity index (χ2v) is 5.41. The Labute approximate surface area is 136 Å². The van der Waals surface area contributed by atoms with Crippen molar-refractivity contribution in [2.45, 2.75) is 13.0 Å². The first-order valence-corrected chi connectivity index (χ1v) is 7.35. The highest BCUT2D eigenvalue weighted by atomic mass is 35.5. The number of benzene rings is 2. The molecular formula is C16H13ClN4O2. The van der Waals surface area contributed by atoms with Crippen LogP contribution >= 0.6 is 11.6 Å². The van der Waals surface area contributed by atoms with Crippen LogP contribution in [-0.2, 0) is 4.79 Å². The topological polar surface area (TPSA) is 76.9 Å². The van der Waals surface area contributed by atoms with Gasteiger partial charge in [-0.05, 0) is 31.2 Å². The van der Waals surface area contributed by atoms with Gasteiger partial charge in [-0.2, -0.15) is 4.68 Å². The first-order chi connectivity index (χ1) is 11.1. The zero-order chi connectivity index (χ0) is 16.4. The van der Waals surface area contributed by atoms with E-state index < -0.39 is 11.9 Å². The predicted molar refractivity (Wildman–Crippen MR) is 88.6 cm³/mol. The van der Waals surface area contributed by atoms with Gasteiger partial charge in [-0.25, -0.2) is 0 Å². The highest BCUT2D eigenvalue weighted by Crippen LogP contribution is 2.21. The predicted octanol–water partition coefficient (Wildman–Crippen LogP) is 2.64. The summed E-state index contributed by atoms with van der Waals surface area (Å²) in [5.41, 5.74) is 0.609. The molecule has 0 aliphatic heterocycles. The number of anilines is 1. The molecule has 0 fully saturated rings. The van der Waals surface area contributed by atoms with Gasteiger partial charge in [-0.1, -0.05) is 41.1 Å². The maximum absolute atomic E-state index is 12.4. The van der Waals surface area contributed by atoms with Gasteiger partial charge in [0.05, 0.1) is 16.1 Å². The molecule has 0 bridgehead atoms. The Morgan fingerprint density at radius 2 is 1.87 bits per heavy atom. The Balaban J connectivity index is 1.92. The summed E-state index contributed by atoms with van der Waals surface area (Å²) >= 11 is 6.02. The minimum absolute atomic E-state index is 0.364. The van der Waals surface area contributed by atoms with Crippen molar-refractivity contribution < 1.29 is 4.79 Å². The summed E-state index contributed by atoms with van der Waals surface area (Å²) in [6.45, 7) is 1.58. The van der Waals surface area contributed by atoms with E-state index in [1.165, 1.54) is 0 Å². The summed E-state index contributed by atoms with van der Waals surface area (Å²) in [4.78, 5) is 24.8. The van der Waals surface area contributed by atoms with E-state index in [1.807, 2.05) is 0 Å². The summed E-state index contributed by atoms with van der Waals surface area (Å²) in [6.07, 6.45) is 0. The largest absolute Gasteiger partial charge is 0.323 e. The van der Waals surface area contributed by atoms with Gasteiger partial charge in [0.15, 0.2) is 0 Å². The van der Waals surface area contributed by atoms with Crippen LogP contribution in [0.5, 0.6) is 0 Å². The number of hydrogen-bond acceptors (Lipinski definition) is 4. The molecule has 0 unspecified atom stereocenters. The first kappa shape index (κ1) is 15.2. The zero-order valence-corrected chi connectivity index (χ0v) is 13.0. The Hall–Kier alpha value is -2.73. The molecule has 23 heavy (non-hydrogen) atoms. The molecule has 2 aromatic carbocycles. The molecule has 1 N–H and O–H groups in total. The molecule has 1 amide bonds. The highest BCUT2D eigenvalue weighted by molar-refractivity contribution is 6.33. The molecule has 7 heteroatoms. The summed E-state index contributed by atoms with van der Waals surface area (Å²) < 4.78 is 1.06. The molecule has 1 aromatic heterocycles. The Morgan fingerprint density at radius 1 is 1.17 bits per heavy atom. The van der Waals surface area contributed by atoms with Gasteiger partial charge in [0.25, 0.3) is 5.56 Å². The Kier molecular flexibility index (Phi) is 4.08. The van der Waals surface area contributed by atoms with Crippen molar-refractivity contribution in [3.8, 4) is 0 Å². The second-order valence-electron chi connectivity index (χ2n) is 5.00. The van der Waals surface area contributed by atoms with Crippen LogP contribution in [0, 0.1) is 0 Å². The molecule has 0 aliphatic carbocycles. The number of nitrogens with zero attached hydrogens (tertiary/aromatic N) is 3. The van der Waals surface area contributed by atoms with Crippen molar-refractivity contribution in [2.75, 3.05) is 5.32 Å². The van der Waals surface area contributed by atoms with Crippen LogP contribution in [0.2, 0.25) is 5.02 Å². The minimum Gasteiger partial charge on any atom is -0.323 e. The molecule has 6 nitrogen and oxygen atoms in total. The quantitative estimate of drug-likeness (QED) is 0.801. The van der Waals surface area contributed by atoms with Gasteiger partial charge in [-0.15, -0.1) is 5.10 Å². The molecule has 0 saturated heterocycles. The number of aromatic nitrogens is 3. The maximum Gasteiger partial charge on any atom is 0.278 e. The van der Waals surface area contributed by atoms with Crippen LogP contribution in [0.4, 0.5) is 5.69 Å². The van der Waals surface area contributed by atoms with E-state index in [-0.39, 0.29) is 5.56 Å². The van der Waals surface area contributed by atoms with Gasteiger partial charge in [-0.3, -0.25) is 9.59 Å². The molecule has 116 valence electrons. The summed E-state index contributed by atoms with van der Waals surface area (Å²) in [6, 6.07) is 12.9. The monoisotopic (exact) mass is 328 g/mol. The lowest BCUT2D eigenvalue weighted by Gasteiger charge is -2.14. The zero-order valence-electron chi connectivity index (χ0n) is 12.2. The number of carbonyl (C=O) groups is 1. The second kappa shape index (κ2) is 6.18. The summed E-state index contributed by atoms with van der Waals surface area (Å²) in [7, 11) is 0. The van der Waals surface area contributed by atoms with Gasteiger partial charge < -0.3 is 5.32 Å². The van der Waals surface area contributed by atoms with Gasteiger partial charge in [0.2, 0.25) is 5.91 Å². The number of para-hydroxylation sites is 1. The molecule has 0 aliphatic rings. The number of carbonyl (C=O) groups excluding carboxylic acids is 1. The van der Waals surface area contributed by atoms with E-state index in [0.717, 1.165) is 4.68 Å². The molecule has 1 heterocycles. The summed E-state index contributed by atoms with van der Waals surface area (Å²) in [5.74, 6) is -0.398. The molecular weight excluding hydrogens is 316 g/mol.